The molecule has 0 spiro atoms. The molecule has 0 fully saturated rings. The first-order chi connectivity index (χ1) is 6.24. The second-order valence-corrected chi connectivity index (χ2v) is 2.80. The average Bonchev–Trinajstić information content (AvgIpc) is 2.11. The van der Waals surface area contributed by atoms with Crippen molar-refractivity contribution in [3.63, 3.8) is 0 Å². The van der Waals surface area contributed by atoms with E-state index in [1.165, 1.54) is 6.07 Å². The van der Waals surface area contributed by atoms with E-state index in [-0.39, 0.29) is 5.82 Å². The number of halogens is 1. The van der Waals surface area contributed by atoms with Crippen LogP contribution in [0.2, 0.25) is 0 Å². The van der Waals surface area contributed by atoms with Crippen LogP contribution in [-0.4, -0.2) is 6.54 Å². The summed E-state index contributed by atoms with van der Waals surface area (Å²) in [6.45, 7) is 2.20. The number of nitrogens with zero attached hydrogens (tertiary/aromatic N) is 3. The highest BCUT2D eigenvalue weighted by Gasteiger charge is 2.00. The monoisotopic (exact) mass is 179 g/mol. The summed E-state index contributed by atoms with van der Waals surface area (Å²) >= 11 is 0. The van der Waals surface area contributed by atoms with Crippen LogP contribution >= 0.6 is 0 Å². The van der Waals surface area contributed by atoms with Gasteiger partial charge in [0, 0.05) is 11.5 Å². The number of hydrogen-bond acceptors (Lipinski definition) is 1. The maximum absolute atomic E-state index is 13.1. The molecule has 1 aromatic carbocycles. The van der Waals surface area contributed by atoms with Gasteiger partial charge in [0.25, 0.3) is 0 Å². The zero-order valence-corrected chi connectivity index (χ0v) is 7.37. The van der Waals surface area contributed by atoms with E-state index in [2.05, 4.69) is 10.0 Å². The summed E-state index contributed by atoms with van der Waals surface area (Å²) in [5.74, 6) is -0.237. The Kier molecular flexibility index (Phi) is 3.29. The Balaban J connectivity index is 2.75. The fraction of sp³-hybridized carbons (Fsp3) is 0.333. The lowest BCUT2D eigenvalue weighted by Crippen LogP contribution is -1.93. The smallest absolute Gasteiger partial charge is 0.126 e. The van der Waals surface area contributed by atoms with Crippen molar-refractivity contribution in [3.8, 4) is 0 Å². The first-order valence-electron chi connectivity index (χ1n) is 4.00. The summed E-state index contributed by atoms with van der Waals surface area (Å²) in [6, 6.07) is 4.91. The van der Waals surface area contributed by atoms with Crippen LogP contribution in [-0.2, 0) is 6.42 Å². The van der Waals surface area contributed by atoms with E-state index in [4.69, 9.17) is 5.53 Å². The van der Waals surface area contributed by atoms with Crippen molar-refractivity contribution in [2.24, 2.45) is 5.11 Å². The predicted octanol–water partition coefficient (Wildman–Crippen LogP) is 2.99. The molecule has 0 aliphatic carbocycles. The van der Waals surface area contributed by atoms with Gasteiger partial charge in [-0.15, -0.1) is 0 Å². The lowest BCUT2D eigenvalue weighted by Gasteiger charge is -2.01. The van der Waals surface area contributed by atoms with Crippen molar-refractivity contribution in [1.82, 2.24) is 0 Å². The van der Waals surface area contributed by atoms with Gasteiger partial charge in [0.2, 0.25) is 0 Å². The molecule has 0 heterocycles. The molecule has 0 bridgehead atoms. The molecule has 0 N–H and O–H groups in total. The standard InChI is InChI=1S/C9H10FN3/c1-7-2-3-9(10)8(6-7)4-5-12-13-11/h2-3,6H,4-5H2,1H3. The normalized spacial score (nSPS) is 9.38. The zero-order valence-electron chi connectivity index (χ0n) is 7.37. The molecule has 0 saturated heterocycles. The van der Waals surface area contributed by atoms with Gasteiger partial charge in [-0.3, -0.25) is 0 Å². The molecule has 4 heteroatoms. The summed E-state index contributed by atoms with van der Waals surface area (Å²) in [5, 5.41) is 3.35. The molecule has 0 saturated carbocycles. The first kappa shape index (κ1) is 9.55. The lowest BCUT2D eigenvalue weighted by molar-refractivity contribution is 0.609. The maximum Gasteiger partial charge on any atom is 0.126 e. The molecule has 0 unspecified atom stereocenters. The van der Waals surface area contributed by atoms with Gasteiger partial charge in [0.1, 0.15) is 5.82 Å². The van der Waals surface area contributed by atoms with Gasteiger partial charge < -0.3 is 0 Å². The molecule has 0 aromatic heterocycles. The van der Waals surface area contributed by atoms with Gasteiger partial charge in [-0.1, -0.05) is 22.8 Å². The SMILES string of the molecule is Cc1ccc(F)c(CCN=[N+]=[N-])c1. The van der Waals surface area contributed by atoms with Crippen LogP contribution in [0, 0.1) is 12.7 Å². The van der Waals surface area contributed by atoms with E-state index in [0.29, 0.717) is 18.5 Å². The van der Waals surface area contributed by atoms with Crippen LogP contribution in [0.5, 0.6) is 0 Å². The van der Waals surface area contributed by atoms with E-state index in [1.807, 2.05) is 6.92 Å². The molecule has 0 aliphatic rings. The van der Waals surface area contributed by atoms with Crippen LogP contribution in [0.15, 0.2) is 23.3 Å². The van der Waals surface area contributed by atoms with E-state index >= 15 is 0 Å². The average molecular weight is 179 g/mol. The molecule has 3 nitrogen and oxygen atoms in total. The lowest BCUT2D eigenvalue weighted by atomic mass is 10.1. The first-order valence-corrected chi connectivity index (χ1v) is 4.00. The third-order valence-electron chi connectivity index (χ3n) is 1.75. The quantitative estimate of drug-likeness (QED) is 0.389. The highest BCUT2D eigenvalue weighted by molar-refractivity contribution is 5.24. The Labute approximate surface area is 75.8 Å². The summed E-state index contributed by atoms with van der Waals surface area (Å²) in [6.07, 6.45) is 0.456. The van der Waals surface area contributed by atoms with Crippen molar-refractivity contribution in [2.45, 2.75) is 13.3 Å². The van der Waals surface area contributed by atoms with Crippen LogP contribution in [0.1, 0.15) is 11.1 Å². The van der Waals surface area contributed by atoms with E-state index in [9.17, 15) is 4.39 Å². The third-order valence-corrected chi connectivity index (χ3v) is 1.75. The topological polar surface area (TPSA) is 48.8 Å². The summed E-state index contributed by atoms with van der Waals surface area (Å²) in [5.41, 5.74) is 9.65. The molecule has 0 radical (unpaired) electrons. The maximum atomic E-state index is 13.1. The largest absolute Gasteiger partial charge is 0.207 e. The Hall–Kier alpha value is -1.54. The van der Waals surface area contributed by atoms with Gasteiger partial charge >= 0.3 is 0 Å². The van der Waals surface area contributed by atoms with Crippen LogP contribution < -0.4 is 0 Å². The second kappa shape index (κ2) is 4.48. The second-order valence-electron chi connectivity index (χ2n) is 2.80. The van der Waals surface area contributed by atoms with Gasteiger partial charge in [-0.2, -0.15) is 0 Å². The number of hydrogen-bond donors (Lipinski definition) is 0. The molecule has 0 atom stereocenters. The van der Waals surface area contributed by atoms with Crippen molar-refractivity contribution >= 4 is 0 Å². The number of azide groups is 1. The van der Waals surface area contributed by atoms with E-state index < -0.39 is 0 Å². The van der Waals surface area contributed by atoms with Crippen molar-refractivity contribution in [3.05, 3.63) is 45.6 Å². The minimum Gasteiger partial charge on any atom is -0.207 e. The molecular weight excluding hydrogens is 169 g/mol. The van der Waals surface area contributed by atoms with Crippen molar-refractivity contribution < 1.29 is 4.39 Å². The van der Waals surface area contributed by atoms with Crippen LogP contribution in [0.25, 0.3) is 10.4 Å². The fourth-order valence-corrected chi connectivity index (χ4v) is 1.11. The molecule has 0 amide bonds. The fourth-order valence-electron chi connectivity index (χ4n) is 1.11. The summed E-state index contributed by atoms with van der Waals surface area (Å²) in [4.78, 5) is 2.61. The third kappa shape index (κ3) is 2.76. The van der Waals surface area contributed by atoms with E-state index in [0.717, 1.165) is 5.56 Å². The molecule has 1 aromatic rings. The van der Waals surface area contributed by atoms with Gasteiger partial charge in [-0.05, 0) is 30.5 Å². The van der Waals surface area contributed by atoms with Crippen molar-refractivity contribution in [1.29, 1.82) is 0 Å². The number of benzene rings is 1. The summed E-state index contributed by atoms with van der Waals surface area (Å²) in [7, 11) is 0. The molecule has 1 rings (SSSR count). The molecule has 0 aliphatic heterocycles. The number of rotatable bonds is 3. The Morgan fingerprint density at radius 3 is 3.00 bits per heavy atom. The highest BCUT2D eigenvalue weighted by Crippen LogP contribution is 2.10. The number of aryl methyl sites for hydroxylation is 1. The van der Waals surface area contributed by atoms with E-state index in [1.54, 1.807) is 12.1 Å². The predicted molar refractivity (Wildman–Crippen MR) is 48.9 cm³/mol. The van der Waals surface area contributed by atoms with Crippen LogP contribution in [0.3, 0.4) is 0 Å². The van der Waals surface area contributed by atoms with Gasteiger partial charge in [0.15, 0.2) is 0 Å². The van der Waals surface area contributed by atoms with Gasteiger partial charge in [-0.25, -0.2) is 4.39 Å². The Morgan fingerprint density at radius 1 is 1.54 bits per heavy atom. The highest BCUT2D eigenvalue weighted by atomic mass is 19.1. The van der Waals surface area contributed by atoms with Crippen LogP contribution in [0.4, 0.5) is 4.39 Å². The minimum absolute atomic E-state index is 0.237. The Bertz CT molecular complexity index is 343. The minimum atomic E-state index is -0.237. The summed E-state index contributed by atoms with van der Waals surface area (Å²) < 4.78 is 13.1. The molecule has 68 valence electrons. The van der Waals surface area contributed by atoms with Crippen molar-refractivity contribution in [2.75, 3.05) is 6.54 Å². The van der Waals surface area contributed by atoms with Gasteiger partial charge in [0.05, 0.1) is 0 Å². The Morgan fingerprint density at radius 2 is 2.31 bits per heavy atom. The molecule has 13 heavy (non-hydrogen) atoms. The zero-order chi connectivity index (χ0) is 9.68. The molecular formula is C9H10FN3.